The van der Waals surface area contributed by atoms with Crippen LogP contribution in [0.3, 0.4) is 0 Å². The summed E-state index contributed by atoms with van der Waals surface area (Å²) in [4.78, 5) is 16.1. The van der Waals surface area contributed by atoms with Crippen LogP contribution in [0.4, 0.5) is 8.78 Å². The molecule has 1 aromatic carbocycles. The average Bonchev–Trinajstić information content (AvgIpc) is 2.91. The number of halogens is 2. The van der Waals surface area contributed by atoms with Crippen LogP contribution in [0.1, 0.15) is 11.1 Å². The standard InChI is InChI=1S/C17H15F2N3O/c1-11-5-13(10-21(2)17(11)23)16-20-3-4-22(16)9-12-6-14(18)8-15(19)7-12/h3-8,10H,9H2,1-2H3. The number of pyridine rings is 1. The Morgan fingerprint density at radius 2 is 1.83 bits per heavy atom. The van der Waals surface area contributed by atoms with E-state index in [2.05, 4.69) is 4.98 Å². The van der Waals surface area contributed by atoms with Crippen LogP contribution in [-0.4, -0.2) is 14.1 Å². The molecule has 118 valence electrons. The molecule has 0 fully saturated rings. The fourth-order valence-corrected chi connectivity index (χ4v) is 2.60. The number of benzene rings is 1. The molecule has 4 nitrogen and oxygen atoms in total. The summed E-state index contributed by atoms with van der Waals surface area (Å²) in [5.41, 5.74) is 1.81. The molecule has 0 aliphatic carbocycles. The lowest BCUT2D eigenvalue weighted by atomic mass is 10.2. The fourth-order valence-electron chi connectivity index (χ4n) is 2.60. The van der Waals surface area contributed by atoms with Crippen molar-refractivity contribution in [3.63, 3.8) is 0 Å². The molecule has 0 saturated carbocycles. The van der Waals surface area contributed by atoms with Gasteiger partial charge in [-0.3, -0.25) is 4.79 Å². The Kier molecular flexibility index (Phi) is 3.82. The van der Waals surface area contributed by atoms with E-state index in [9.17, 15) is 13.6 Å². The van der Waals surface area contributed by atoms with E-state index in [1.54, 1.807) is 43.2 Å². The van der Waals surface area contributed by atoms with Crippen molar-refractivity contribution < 1.29 is 8.78 Å². The highest BCUT2D eigenvalue weighted by atomic mass is 19.1. The van der Waals surface area contributed by atoms with Gasteiger partial charge in [0, 0.05) is 49.4 Å². The summed E-state index contributed by atoms with van der Waals surface area (Å²) < 4.78 is 29.9. The predicted molar refractivity (Wildman–Crippen MR) is 83.1 cm³/mol. The van der Waals surface area contributed by atoms with Crippen molar-refractivity contribution in [2.45, 2.75) is 13.5 Å². The molecule has 2 aromatic heterocycles. The molecule has 0 bridgehead atoms. The normalized spacial score (nSPS) is 11.0. The van der Waals surface area contributed by atoms with Gasteiger partial charge in [0.2, 0.25) is 0 Å². The highest BCUT2D eigenvalue weighted by molar-refractivity contribution is 5.55. The minimum Gasteiger partial charge on any atom is -0.327 e. The quantitative estimate of drug-likeness (QED) is 0.745. The van der Waals surface area contributed by atoms with Gasteiger partial charge < -0.3 is 9.13 Å². The van der Waals surface area contributed by atoms with E-state index in [-0.39, 0.29) is 12.1 Å². The monoisotopic (exact) mass is 315 g/mol. The minimum atomic E-state index is -0.611. The van der Waals surface area contributed by atoms with Crippen LogP contribution in [0.15, 0.2) is 47.7 Å². The lowest BCUT2D eigenvalue weighted by molar-refractivity contribution is 0.577. The number of aromatic nitrogens is 3. The number of hydrogen-bond donors (Lipinski definition) is 0. The van der Waals surface area contributed by atoms with Gasteiger partial charge in [-0.15, -0.1) is 0 Å². The van der Waals surface area contributed by atoms with E-state index < -0.39 is 11.6 Å². The van der Waals surface area contributed by atoms with Gasteiger partial charge in [0.1, 0.15) is 17.5 Å². The summed E-state index contributed by atoms with van der Waals surface area (Å²) >= 11 is 0. The maximum Gasteiger partial charge on any atom is 0.253 e. The molecule has 0 aliphatic rings. The number of nitrogens with zero attached hydrogens (tertiary/aromatic N) is 3. The summed E-state index contributed by atoms with van der Waals surface area (Å²) in [6, 6.07) is 5.18. The fraction of sp³-hybridized carbons (Fsp3) is 0.176. The summed E-state index contributed by atoms with van der Waals surface area (Å²) in [5, 5.41) is 0. The molecule has 0 radical (unpaired) electrons. The van der Waals surface area contributed by atoms with Crippen molar-refractivity contribution in [1.82, 2.24) is 14.1 Å². The maximum absolute atomic E-state index is 13.3. The average molecular weight is 315 g/mol. The molecule has 0 unspecified atom stereocenters. The van der Waals surface area contributed by atoms with E-state index in [0.717, 1.165) is 11.6 Å². The SMILES string of the molecule is Cc1cc(-c2nccn2Cc2cc(F)cc(F)c2)cn(C)c1=O. The molecule has 23 heavy (non-hydrogen) atoms. The smallest absolute Gasteiger partial charge is 0.253 e. The molecule has 0 aliphatic heterocycles. The van der Waals surface area contributed by atoms with Crippen LogP contribution in [-0.2, 0) is 13.6 Å². The number of hydrogen-bond acceptors (Lipinski definition) is 2. The zero-order chi connectivity index (χ0) is 16.6. The summed E-state index contributed by atoms with van der Waals surface area (Å²) in [5.74, 6) is -0.590. The first-order chi connectivity index (χ1) is 10.9. The third-order valence-corrected chi connectivity index (χ3v) is 3.61. The second kappa shape index (κ2) is 5.79. The van der Waals surface area contributed by atoms with Crippen molar-refractivity contribution >= 4 is 0 Å². The van der Waals surface area contributed by atoms with Crippen LogP contribution in [0, 0.1) is 18.6 Å². The highest BCUT2D eigenvalue weighted by Crippen LogP contribution is 2.19. The second-order valence-electron chi connectivity index (χ2n) is 5.48. The van der Waals surface area contributed by atoms with Gasteiger partial charge in [-0.05, 0) is 30.7 Å². The van der Waals surface area contributed by atoms with E-state index in [1.807, 2.05) is 0 Å². The van der Waals surface area contributed by atoms with E-state index in [4.69, 9.17) is 0 Å². The van der Waals surface area contributed by atoms with Crippen molar-refractivity contribution in [2.24, 2.45) is 7.05 Å². The van der Waals surface area contributed by atoms with Crippen molar-refractivity contribution in [1.29, 1.82) is 0 Å². The molecule has 3 aromatic rings. The van der Waals surface area contributed by atoms with E-state index in [0.29, 0.717) is 17.0 Å². The Morgan fingerprint density at radius 3 is 2.48 bits per heavy atom. The van der Waals surface area contributed by atoms with Crippen LogP contribution in [0.5, 0.6) is 0 Å². The van der Waals surface area contributed by atoms with Gasteiger partial charge in [0.15, 0.2) is 0 Å². The topological polar surface area (TPSA) is 39.8 Å². The summed E-state index contributed by atoms with van der Waals surface area (Å²) in [6.45, 7) is 2.02. The Hall–Kier alpha value is -2.76. The molecule has 0 atom stereocenters. The largest absolute Gasteiger partial charge is 0.327 e. The van der Waals surface area contributed by atoms with Crippen LogP contribution in [0.25, 0.3) is 11.4 Å². The Morgan fingerprint density at radius 1 is 1.13 bits per heavy atom. The van der Waals surface area contributed by atoms with Gasteiger partial charge in [-0.25, -0.2) is 13.8 Å². The van der Waals surface area contributed by atoms with Gasteiger partial charge in [-0.1, -0.05) is 0 Å². The molecule has 0 saturated heterocycles. The molecular formula is C17H15F2N3O. The number of imidazole rings is 1. The maximum atomic E-state index is 13.3. The predicted octanol–water partition coefficient (Wildman–Crippen LogP) is 2.88. The minimum absolute atomic E-state index is 0.0703. The van der Waals surface area contributed by atoms with Gasteiger partial charge in [0.25, 0.3) is 5.56 Å². The van der Waals surface area contributed by atoms with E-state index >= 15 is 0 Å². The van der Waals surface area contributed by atoms with Crippen molar-refractivity contribution in [3.8, 4) is 11.4 Å². The zero-order valence-corrected chi connectivity index (χ0v) is 12.8. The lowest BCUT2D eigenvalue weighted by Crippen LogP contribution is -2.18. The second-order valence-corrected chi connectivity index (χ2v) is 5.48. The van der Waals surface area contributed by atoms with Crippen LogP contribution in [0.2, 0.25) is 0 Å². The van der Waals surface area contributed by atoms with Gasteiger partial charge in [-0.2, -0.15) is 0 Å². The highest BCUT2D eigenvalue weighted by Gasteiger charge is 2.10. The van der Waals surface area contributed by atoms with Gasteiger partial charge >= 0.3 is 0 Å². The first kappa shape index (κ1) is 15.1. The third-order valence-electron chi connectivity index (χ3n) is 3.61. The summed E-state index contributed by atoms with van der Waals surface area (Å²) in [6.07, 6.45) is 5.05. The Labute approximate surface area is 131 Å². The first-order valence-electron chi connectivity index (χ1n) is 7.08. The molecule has 6 heteroatoms. The van der Waals surface area contributed by atoms with Crippen LogP contribution >= 0.6 is 0 Å². The summed E-state index contributed by atoms with van der Waals surface area (Å²) in [7, 11) is 1.67. The Bertz CT molecular complexity index is 881. The van der Waals surface area contributed by atoms with E-state index in [1.165, 1.54) is 16.7 Å². The third kappa shape index (κ3) is 3.06. The zero-order valence-electron chi connectivity index (χ0n) is 12.8. The molecule has 2 heterocycles. The number of aryl methyl sites for hydroxylation is 2. The number of rotatable bonds is 3. The molecule has 3 rings (SSSR count). The first-order valence-corrected chi connectivity index (χ1v) is 7.08. The van der Waals surface area contributed by atoms with Crippen LogP contribution < -0.4 is 5.56 Å². The molecule has 0 spiro atoms. The molecule has 0 N–H and O–H groups in total. The lowest BCUT2D eigenvalue weighted by Gasteiger charge is -2.10. The molecule has 0 amide bonds. The van der Waals surface area contributed by atoms with Gasteiger partial charge in [0.05, 0.1) is 0 Å². The van der Waals surface area contributed by atoms with Crippen molar-refractivity contribution in [3.05, 3.63) is 76.0 Å². The molecular weight excluding hydrogens is 300 g/mol. The Balaban J connectivity index is 2.01. The van der Waals surface area contributed by atoms with Crippen molar-refractivity contribution in [2.75, 3.05) is 0 Å².